The molecular formula is C11H18ClN3O2S2. The van der Waals surface area contributed by atoms with E-state index in [2.05, 4.69) is 9.88 Å². The molecule has 2 heterocycles. The molecule has 1 fully saturated rings. The van der Waals surface area contributed by atoms with Crippen LogP contribution in [0, 0.1) is 6.92 Å². The number of thiazole rings is 1. The van der Waals surface area contributed by atoms with Crippen molar-refractivity contribution >= 4 is 33.0 Å². The third-order valence-electron chi connectivity index (χ3n) is 3.46. The SMILES string of the molecule is Cc1nc(Cl)sc1S(=O)(=O)N(C)C1CCCN(C)C1. The lowest BCUT2D eigenvalue weighted by Gasteiger charge is -2.34. The molecule has 5 nitrogen and oxygen atoms in total. The van der Waals surface area contributed by atoms with Gasteiger partial charge in [0.1, 0.15) is 0 Å². The van der Waals surface area contributed by atoms with Gasteiger partial charge in [0.25, 0.3) is 10.0 Å². The molecule has 0 saturated carbocycles. The topological polar surface area (TPSA) is 53.5 Å². The molecule has 0 amide bonds. The van der Waals surface area contributed by atoms with Crippen LogP contribution in [0.4, 0.5) is 0 Å². The van der Waals surface area contributed by atoms with E-state index in [-0.39, 0.29) is 14.7 Å². The number of sulfonamides is 1. The van der Waals surface area contributed by atoms with Gasteiger partial charge in [-0.1, -0.05) is 22.9 Å². The summed E-state index contributed by atoms with van der Waals surface area (Å²) in [6.07, 6.45) is 1.91. The third kappa shape index (κ3) is 3.11. The van der Waals surface area contributed by atoms with Gasteiger partial charge in [-0.15, -0.1) is 0 Å². The van der Waals surface area contributed by atoms with Gasteiger partial charge in [0, 0.05) is 19.6 Å². The number of rotatable bonds is 3. The summed E-state index contributed by atoms with van der Waals surface area (Å²) in [6, 6.07) is 0.0176. The fourth-order valence-corrected chi connectivity index (χ4v) is 5.63. The molecule has 1 aromatic rings. The molecule has 0 aromatic carbocycles. The Kier molecular flexibility index (Phi) is 4.52. The minimum atomic E-state index is -3.49. The van der Waals surface area contributed by atoms with Crippen molar-refractivity contribution in [2.45, 2.75) is 30.0 Å². The number of hydrogen-bond acceptors (Lipinski definition) is 5. The average molecular weight is 324 g/mol. The summed E-state index contributed by atoms with van der Waals surface area (Å²) in [5, 5.41) is 0. The molecule has 19 heavy (non-hydrogen) atoms. The number of nitrogens with zero attached hydrogens (tertiary/aromatic N) is 3. The van der Waals surface area contributed by atoms with Crippen LogP contribution in [0.5, 0.6) is 0 Å². The van der Waals surface area contributed by atoms with E-state index < -0.39 is 10.0 Å². The van der Waals surface area contributed by atoms with Crippen molar-refractivity contribution in [2.24, 2.45) is 0 Å². The lowest BCUT2D eigenvalue weighted by atomic mass is 10.1. The molecular weight excluding hydrogens is 306 g/mol. The van der Waals surface area contributed by atoms with Gasteiger partial charge in [-0.25, -0.2) is 13.4 Å². The molecule has 1 atom stereocenters. The van der Waals surface area contributed by atoms with Gasteiger partial charge in [0.15, 0.2) is 8.68 Å². The monoisotopic (exact) mass is 323 g/mol. The van der Waals surface area contributed by atoms with Crippen LogP contribution in [-0.4, -0.2) is 55.8 Å². The van der Waals surface area contributed by atoms with Crippen LogP contribution in [0.15, 0.2) is 4.21 Å². The number of likely N-dealkylation sites (N-methyl/N-ethyl adjacent to an activating group) is 2. The van der Waals surface area contributed by atoms with E-state index >= 15 is 0 Å². The van der Waals surface area contributed by atoms with Gasteiger partial charge in [-0.3, -0.25) is 0 Å². The molecule has 0 aliphatic carbocycles. The van der Waals surface area contributed by atoms with Crippen molar-refractivity contribution in [3.05, 3.63) is 10.2 Å². The molecule has 1 unspecified atom stereocenters. The Morgan fingerprint density at radius 1 is 1.53 bits per heavy atom. The van der Waals surface area contributed by atoms with Crippen molar-refractivity contribution in [3.8, 4) is 0 Å². The predicted octanol–water partition coefficient (Wildman–Crippen LogP) is 1.82. The smallest absolute Gasteiger partial charge is 0.254 e. The summed E-state index contributed by atoms with van der Waals surface area (Å²) in [5.74, 6) is 0. The number of likely N-dealkylation sites (tertiary alicyclic amines) is 1. The van der Waals surface area contributed by atoms with E-state index in [9.17, 15) is 8.42 Å². The van der Waals surface area contributed by atoms with E-state index in [1.165, 1.54) is 4.31 Å². The van der Waals surface area contributed by atoms with Crippen LogP contribution in [0.1, 0.15) is 18.5 Å². The number of aromatic nitrogens is 1. The Morgan fingerprint density at radius 2 is 2.21 bits per heavy atom. The maximum atomic E-state index is 12.6. The molecule has 1 aliphatic rings. The zero-order valence-corrected chi connectivity index (χ0v) is 13.6. The molecule has 0 radical (unpaired) electrons. The standard InChI is InChI=1S/C11H18ClN3O2S2/c1-8-10(18-11(12)13-8)19(16,17)15(3)9-5-4-6-14(2)7-9/h9H,4-7H2,1-3H3. The van der Waals surface area contributed by atoms with Gasteiger partial charge in [-0.2, -0.15) is 4.31 Å². The van der Waals surface area contributed by atoms with Gasteiger partial charge in [-0.05, 0) is 33.4 Å². The number of halogens is 1. The molecule has 0 bridgehead atoms. The van der Waals surface area contributed by atoms with Gasteiger partial charge in [0.2, 0.25) is 0 Å². The fourth-order valence-electron chi connectivity index (χ4n) is 2.35. The molecule has 108 valence electrons. The number of piperidine rings is 1. The summed E-state index contributed by atoms with van der Waals surface area (Å²) in [6.45, 7) is 3.47. The minimum absolute atomic E-state index is 0.0176. The highest BCUT2D eigenvalue weighted by atomic mass is 35.5. The lowest BCUT2D eigenvalue weighted by Crippen LogP contribution is -2.47. The van der Waals surface area contributed by atoms with Crippen LogP contribution in [0.2, 0.25) is 4.47 Å². The maximum Gasteiger partial charge on any atom is 0.254 e. The first-order valence-corrected chi connectivity index (χ1v) is 8.75. The second kappa shape index (κ2) is 5.65. The molecule has 0 N–H and O–H groups in total. The van der Waals surface area contributed by atoms with Gasteiger partial charge in [0.05, 0.1) is 5.69 Å². The quantitative estimate of drug-likeness (QED) is 0.851. The Bertz CT molecular complexity index is 558. The molecule has 1 saturated heterocycles. The molecule has 1 aromatic heterocycles. The maximum absolute atomic E-state index is 12.6. The summed E-state index contributed by atoms with van der Waals surface area (Å²) < 4.78 is 27.2. The highest BCUT2D eigenvalue weighted by Gasteiger charge is 2.33. The second-order valence-corrected chi connectivity index (χ2v) is 8.69. The molecule has 0 spiro atoms. The highest BCUT2D eigenvalue weighted by Crippen LogP contribution is 2.30. The predicted molar refractivity (Wildman–Crippen MR) is 77.3 cm³/mol. The zero-order chi connectivity index (χ0) is 14.2. The van der Waals surface area contributed by atoms with Crippen LogP contribution in [0.3, 0.4) is 0 Å². The van der Waals surface area contributed by atoms with E-state index in [1.54, 1.807) is 14.0 Å². The van der Waals surface area contributed by atoms with E-state index in [1.807, 2.05) is 7.05 Å². The van der Waals surface area contributed by atoms with E-state index in [0.717, 1.165) is 37.3 Å². The highest BCUT2D eigenvalue weighted by molar-refractivity contribution is 7.91. The lowest BCUT2D eigenvalue weighted by molar-refractivity contribution is 0.188. The number of hydrogen-bond donors (Lipinski definition) is 0. The van der Waals surface area contributed by atoms with E-state index in [0.29, 0.717) is 5.69 Å². The van der Waals surface area contributed by atoms with Gasteiger partial charge >= 0.3 is 0 Å². The Hall–Kier alpha value is -0.210. The van der Waals surface area contributed by atoms with Crippen LogP contribution in [-0.2, 0) is 10.0 Å². The first-order valence-electron chi connectivity index (χ1n) is 6.12. The zero-order valence-electron chi connectivity index (χ0n) is 11.3. The first-order chi connectivity index (χ1) is 8.82. The second-order valence-electron chi connectivity index (χ2n) is 4.92. The third-order valence-corrected chi connectivity index (χ3v) is 7.21. The van der Waals surface area contributed by atoms with Crippen molar-refractivity contribution < 1.29 is 8.42 Å². The molecule has 1 aliphatic heterocycles. The summed E-state index contributed by atoms with van der Waals surface area (Å²) in [7, 11) is 0.167. The van der Waals surface area contributed by atoms with Crippen LogP contribution >= 0.6 is 22.9 Å². The minimum Gasteiger partial charge on any atom is -0.305 e. The van der Waals surface area contributed by atoms with Crippen LogP contribution in [0.25, 0.3) is 0 Å². The van der Waals surface area contributed by atoms with Crippen molar-refractivity contribution in [2.75, 3.05) is 27.2 Å². The Labute approximate surface area is 123 Å². The Morgan fingerprint density at radius 3 is 2.74 bits per heavy atom. The van der Waals surface area contributed by atoms with Gasteiger partial charge < -0.3 is 4.90 Å². The van der Waals surface area contributed by atoms with Crippen LogP contribution < -0.4 is 0 Å². The normalized spacial score (nSPS) is 22.1. The van der Waals surface area contributed by atoms with Crippen molar-refractivity contribution in [3.63, 3.8) is 0 Å². The molecule has 2 rings (SSSR count). The van der Waals surface area contributed by atoms with Crippen molar-refractivity contribution in [1.29, 1.82) is 0 Å². The van der Waals surface area contributed by atoms with Crippen molar-refractivity contribution in [1.82, 2.24) is 14.2 Å². The first kappa shape index (κ1) is 15.2. The number of aryl methyl sites for hydroxylation is 1. The van der Waals surface area contributed by atoms with E-state index in [4.69, 9.17) is 11.6 Å². The summed E-state index contributed by atoms with van der Waals surface area (Å²) >= 11 is 6.83. The summed E-state index contributed by atoms with van der Waals surface area (Å²) in [4.78, 5) is 6.15. The summed E-state index contributed by atoms with van der Waals surface area (Å²) in [5.41, 5.74) is 0.478. The molecule has 8 heteroatoms. The average Bonchev–Trinajstić information content (AvgIpc) is 2.68. The largest absolute Gasteiger partial charge is 0.305 e. The fraction of sp³-hybridized carbons (Fsp3) is 0.727. The Balaban J connectivity index is 2.26.